The summed E-state index contributed by atoms with van der Waals surface area (Å²) in [5.41, 5.74) is 0. The lowest BCUT2D eigenvalue weighted by molar-refractivity contribution is -0.141. The molecule has 0 aliphatic heterocycles. The fourth-order valence-electron chi connectivity index (χ4n) is 0.982. The van der Waals surface area contributed by atoms with Gasteiger partial charge in [-0.25, -0.2) is 4.68 Å². The Morgan fingerprint density at radius 1 is 1.59 bits per heavy atom. The van der Waals surface area contributed by atoms with Crippen molar-refractivity contribution in [2.24, 2.45) is 0 Å². The Hall–Kier alpha value is -1.64. The van der Waals surface area contributed by atoms with Gasteiger partial charge in [0.1, 0.15) is 6.54 Å². The third-order valence-electron chi connectivity index (χ3n) is 1.90. The van der Waals surface area contributed by atoms with Crippen LogP contribution in [0.1, 0.15) is 6.92 Å². The van der Waals surface area contributed by atoms with Gasteiger partial charge in [0, 0.05) is 7.05 Å². The molecule has 0 saturated carbocycles. The molecular weight excluding hydrogens is 246 g/mol. The predicted octanol–water partition coefficient (Wildman–Crippen LogP) is -0.927. The van der Waals surface area contributed by atoms with Gasteiger partial charge in [0.05, 0.1) is 12.4 Å². The first-order chi connectivity index (χ1) is 8.08. The number of carbonyl (C=O) groups excluding carboxylic acids is 2. The zero-order valence-electron chi connectivity index (χ0n) is 9.71. The van der Waals surface area contributed by atoms with Crippen LogP contribution < -0.4 is 5.32 Å². The highest BCUT2D eigenvalue weighted by Crippen LogP contribution is 2.19. The third-order valence-corrected chi connectivity index (χ3v) is 2.97. The summed E-state index contributed by atoms with van der Waals surface area (Å²) >= 11 is 1.17. The van der Waals surface area contributed by atoms with Gasteiger partial charge in [0.15, 0.2) is 0 Å². The number of carbonyl (C=O) groups is 2. The monoisotopic (exact) mass is 259 g/mol. The number of nitrogens with zero attached hydrogens (tertiary/aromatic N) is 4. The number of amides is 1. The van der Waals surface area contributed by atoms with E-state index in [2.05, 4.69) is 25.6 Å². The summed E-state index contributed by atoms with van der Waals surface area (Å²) in [6.07, 6.45) is 0. The van der Waals surface area contributed by atoms with E-state index in [-0.39, 0.29) is 17.7 Å². The molecule has 0 fully saturated rings. The lowest BCUT2D eigenvalue weighted by atomic mass is 10.4. The van der Waals surface area contributed by atoms with Crippen LogP contribution in [0.4, 0.5) is 0 Å². The molecule has 1 atom stereocenters. The van der Waals surface area contributed by atoms with Gasteiger partial charge in [0.25, 0.3) is 0 Å². The molecule has 0 aliphatic carbocycles. The summed E-state index contributed by atoms with van der Waals surface area (Å²) in [5, 5.41) is 13.4. The molecule has 1 rings (SSSR count). The van der Waals surface area contributed by atoms with E-state index in [0.717, 1.165) is 0 Å². The van der Waals surface area contributed by atoms with Crippen LogP contribution in [-0.2, 0) is 20.9 Å². The second kappa shape index (κ2) is 6.18. The first-order valence-corrected chi connectivity index (χ1v) is 5.67. The van der Waals surface area contributed by atoms with Crippen molar-refractivity contribution in [2.75, 3.05) is 14.2 Å². The van der Waals surface area contributed by atoms with Crippen LogP contribution in [0.15, 0.2) is 5.16 Å². The van der Waals surface area contributed by atoms with Crippen molar-refractivity contribution in [2.45, 2.75) is 23.9 Å². The van der Waals surface area contributed by atoms with Crippen LogP contribution in [0, 0.1) is 0 Å². The molecule has 1 amide bonds. The lowest BCUT2D eigenvalue weighted by Gasteiger charge is -2.08. The first-order valence-electron chi connectivity index (χ1n) is 4.79. The van der Waals surface area contributed by atoms with Gasteiger partial charge in [0.2, 0.25) is 11.1 Å². The molecular formula is C8H13N5O3S. The van der Waals surface area contributed by atoms with E-state index in [0.29, 0.717) is 5.16 Å². The van der Waals surface area contributed by atoms with Gasteiger partial charge in [-0.05, 0) is 17.4 Å². The number of tetrazole rings is 1. The minimum Gasteiger partial charge on any atom is -0.468 e. The SMILES string of the molecule is CNC(=O)C(C)Sc1nnnn1CC(=O)OC. The van der Waals surface area contributed by atoms with E-state index in [4.69, 9.17) is 0 Å². The molecule has 1 heterocycles. The number of aromatic nitrogens is 4. The Labute approximate surface area is 102 Å². The van der Waals surface area contributed by atoms with Crippen LogP contribution >= 0.6 is 11.8 Å². The average molecular weight is 259 g/mol. The Bertz CT molecular complexity index is 408. The largest absolute Gasteiger partial charge is 0.468 e. The highest BCUT2D eigenvalue weighted by atomic mass is 32.2. The molecule has 0 radical (unpaired) electrons. The topological polar surface area (TPSA) is 99.0 Å². The summed E-state index contributed by atoms with van der Waals surface area (Å²) < 4.78 is 5.80. The second-order valence-electron chi connectivity index (χ2n) is 3.07. The molecule has 0 aliphatic rings. The van der Waals surface area contributed by atoms with Gasteiger partial charge in [-0.15, -0.1) is 5.10 Å². The fraction of sp³-hybridized carbons (Fsp3) is 0.625. The number of nitrogens with one attached hydrogen (secondary N) is 1. The second-order valence-corrected chi connectivity index (χ2v) is 4.38. The zero-order chi connectivity index (χ0) is 12.8. The fourth-order valence-corrected chi connectivity index (χ4v) is 1.83. The number of ether oxygens (including phenoxy) is 1. The van der Waals surface area contributed by atoms with E-state index in [9.17, 15) is 9.59 Å². The maximum Gasteiger partial charge on any atom is 0.327 e. The van der Waals surface area contributed by atoms with Gasteiger partial charge in [-0.3, -0.25) is 9.59 Å². The number of rotatable bonds is 5. The molecule has 0 spiro atoms. The molecule has 94 valence electrons. The number of hydrogen-bond acceptors (Lipinski definition) is 7. The molecule has 8 nitrogen and oxygen atoms in total. The summed E-state index contributed by atoms with van der Waals surface area (Å²) in [5.74, 6) is -0.589. The first kappa shape index (κ1) is 13.4. The standard InChI is InChI=1S/C8H13N5O3S/c1-5(7(15)9-2)17-8-10-11-12-13(8)4-6(14)16-3/h5H,4H2,1-3H3,(H,9,15). The summed E-state index contributed by atoms with van der Waals surface area (Å²) in [6.45, 7) is 1.65. The van der Waals surface area contributed by atoms with Crippen LogP contribution in [0.25, 0.3) is 0 Å². The van der Waals surface area contributed by atoms with Crippen LogP contribution in [0.2, 0.25) is 0 Å². The highest BCUT2D eigenvalue weighted by molar-refractivity contribution is 8.00. The maximum absolute atomic E-state index is 11.3. The Balaban J connectivity index is 2.69. The molecule has 0 aromatic carbocycles. The lowest BCUT2D eigenvalue weighted by Crippen LogP contribution is -2.27. The minimum atomic E-state index is -0.452. The molecule has 1 unspecified atom stereocenters. The third kappa shape index (κ3) is 3.70. The van der Waals surface area contributed by atoms with Crippen molar-refractivity contribution in [3.05, 3.63) is 0 Å². The van der Waals surface area contributed by atoms with Crippen molar-refractivity contribution in [1.29, 1.82) is 0 Å². The van der Waals surface area contributed by atoms with Crippen molar-refractivity contribution < 1.29 is 14.3 Å². The molecule has 1 N–H and O–H groups in total. The normalized spacial score (nSPS) is 11.9. The molecule has 1 aromatic rings. The van der Waals surface area contributed by atoms with E-state index in [1.165, 1.54) is 23.6 Å². The molecule has 9 heteroatoms. The summed E-state index contributed by atoms with van der Waals surface area (Å²) in [6, 6.07) is 0. The zero-order valence-corrected chi connectivity index (χ0v) is 10.5. The van der Waals surface area contributed by atoms with Crippen molar-refractivity contribution in [3.8, 4) is 0 Å². The molecule has 0 saturated heterocycles. The van der Waals surface area contributed by atoms with E-state index in [1.54, 1.807) is 14.0 Å². The molecule has 17 heavy (non-hydrogen) atoms. The van der Waals surface area contributed by atoms with Crippen molar-refractivity contribution in [3.63, 3.8) is 0 Å². The van der Waals surface area contributed by atoms with Crippen LogP contribution in [-0.4, -0.2) is 51.5 Å². The molecule has 0 bridgehead atoms. The Kier molecular flexibility index (Phi) is 4.88. The van der Waals surface area contributed by atoms with Crippen LogP contribution in [0.3, 0.4) is 0 Å². The number of thioether (sulfide) groups is 1. The van der Waals surface area contributed by atoms with E-state index < -0.39 is 5.97 Å². The minimum absolute atomic E-state index is 0.0771. The van der Waals surface area contributed by atoms with Crippen LogP contribution in [0.5, 0.6) is 0 Å². The van der Waals surface area contributed by atoms with E-state index >= 15 is 0 Å². The predicted molar refractivity (Wildman–Crippen MR) is 59.2 cm³/mol. The van der Waals surface area contributed by atoms with E-state index in [1.807, 2.05) is 0 Å². The maximum atomic E-state index is 11.3. The van der Waals surface area contributed by atoms with Gasteiger partial charge in [-0.1, -0.05) is 11.8 Å². The average Bonchev–Trinajstić information content (AvgIpc) is 2.75. The number of esters is 1. The summed E-state index contributed by atoms with van der Waals surface area (Å²) in [7, 11) is 2.84. The number of methoxy groups -OCH3 is 1. The van der Waals surface area contributed by atoms with Gasteiger partial charge in [-0.2, -0.15) is 0 Å². The van der Waals surface area contributed by atoms with Crippen molar-refractivity contribution >= 4 is 23.6 Å². The summed E-state index contributed by atoms with van der Waals surface area (Å²) in [4.78, 5) is 22.4. The van der Waals surface area contributed by atoms with Crippen molar-refractivity contribution in [1.82, 2.24) is 25.5 Å². The molecule has 1 aromatic heterocycles. The highest BCUT2D eigenvalue weighted by Gasteiger charge is 2.18. The Morgan fingerprint density at radius 2 is 2.29 bits per heavy atom. The number of hydrogen-bond donors (Lipinski definition) is 1. The van der Waals surface area contributed by atoms with Gasteiger partial charge < -0.3 is 10.1 Å². The Morgan fingerprint density at radius 3 is 2.88 bits per heavy atom. The smallest absolute Gasteiger partial charge is 0.327 e. The quantitative estimate of drug-likeness (QED) is 0.539. The van der Waals surface area contributed by atoms with Gasteiger partial charge >= 0.3 is 5.97 Å².